The summed E-state index contributed by atoms with van der Waals surface area (Å²) >= 11 is 0. The third kappa shape index (κ3) is 5.57. The van der Waals surface area contributed by atoms with Gasteiger partial charge in [0.05, 0.1) is 26.2 Å². The molecule has 1 unspecified atom stereocenters. The Morgan fingerprint density at radius 3 is 2.52 bits per heavy atom. The largest absolute Gasteiger partial charge is 0.469 e. The van der Waals surface area contributed by atoms with Crippen LogP contribution in [0.2, 0.25) is 0 Å². The van der Waals surface area contributed by atoms with Crippen LogP contribution in [-0.4, -0.2) is 75.9 Å². The highest BCUT2D eigenvalue weighted by Gasteiger charge is 2.38. The van der Waals surface area contributed by atoms with Gasteiger partial charge in [-0.2, -0.15) is 0 Å². The number of aliphatic imine (C=N–C) groups is 1. The number of methoxy groups -OCH3 is 1. The zero-order valence-corrected chi connectivity index (χ0v) is 16.0. The first-order valence-electron chi connectivity index (χ1n) is 9.46. The topological polar surface area (TPSA) is 75.2 Å². The Hall–Kier alpha value is -1.34. The lowest BCUT2D eigenvalue weighted by Crippen LogP contribution is -2.60. The van der Waals surface area contributed by atoms with E-state index in [1.807, 2.05) is 6.92 Å². The number of carbonyl (C=O) groups excluding carboxylic acids is 1. The fourth-order valence-electron chi connectivity index (χ4n) is 3.86. The van der Waals surface area contributed by atoms with Crippen LogP contribution in [0.25, 0.3) is 0 Å². The summed E-state index contributed by atoms with van der Waals surface area (Å²) in [5.74, 6) is 0.334. The monoisotopic (exact) mass is 354 g/mol. The van der Waals surface area contributed by atoms with E-state index in [0.29, 0.717) is 6.54 Å². The van der Waals surface area contributed by atoms with Gasteiger partial charge in [0.2, 0.25) is 0 Å². The number of hydrogen-bond donors (Lipinski definition) is 2. The Balaban J connectivity index is 1.90. The van der Waals surface area contributed by atoms with E-state index in [2.05, 4.69) is 20.5 Å². The molecule has 2 rings (SSSR count). The maximum Gasteiger partial charge on any atom is 0.310 e. The molecule has 144 valence electrons. The second-order valence-corrected chi connectivity index (χ2v) is 7.12. The summed E-state index contributed by atoms with van der Waals surface area (Å²) in [6.45, 7) is 6.90. The molecule has 1 aliphatic heterocycles. The SMILES string of the molecule is CN=C(NCC(C)C(=O)OC)NCC1(N2CCOCC2)CCCCC1. The third-order valence-electron chi connectivity index (χ3n) is 5.45. The number of ether oxygens (including phenoxy) is 2. The van der Waals surface area contributed by atoms with Crippen LogP contribution in [0, 0.1) is 5.92 Å². The minimum Gasteiger partial charge on any atom is -0.469 e. The predicted octanol–water partition coefficient (Wildman–Crippen LogP) is 0.996. The van der Waals surface area contributed by atoms with E-state index in [0.717, 1.165) is 38.8 Å². The molecule has 0 aromatic carbocycles. The first-order chi connectivity index (χ1) is 12.1. The molecule has 2 aliphatic rings. The number of rotatable bonds is 6. The van der Waals surface area contributed by atoms with Crippen molar-refractivity contribution in [1.29, 1.82) is 0 Å². The van der Waals surface area contributed by atoms with Gasteiger partial charge in [-0.25, -0.2) is 0 Å². The smallest absolute Gasteiger partial charge is 0.310 e. The molecule has 2 N–H and O–H groups in total. The molecule has 0 radical (unpaired) electrons. The van der Waals surface area contributed by atoms with Crippen LogP contribution < -0.4 is 10.6 Å². The number of nitrogens with zero attached hydrogens (tertiary/aromatic N) is 2. The lowest BCUT2D eigenvalue weighted by molar-refractivity contribution is -0.144. The molecule has 25 heavy (non-hydrogen) atoms. The maximum atomic E-state index is 11.5. The molecule has 7 nitrogen and oxygen atoms in total. The van der Waals surface area contributed by atoms with Gasteiger partial charge in [-0.15, -0.1) is 0 Å². The van der Waals surface area contributed by atoms with Crippen molar-refractivity contribution < 1.29 is 14.3 Å². The second kappa shape index (κ2) is 9.97. The Labute approximate surface area is 151 Å². The molecule has 1 saturated carbocycles. The number of esters is 1. The van der Waals surface area contributed by atoms with Crippen LogP contribution in [0.5, 0.6) is 0 Å². The molecule has 1 atom stereocenters. The highest BCUT2D eigenvalue weighted by Crippen LogP contribution is 2.33. The third-order valence-corrected chi connectivity index (χ3v) is 5.45. The van der Waals surface area contributed by atoms with Gasteiger partial charge in [0.25, 0.3) is 0 Å². The van der Waals surface area contributed by atoms with Crippen LogP contribution >= 0.6 is 0 Å². The maximum absolute atomic E-state index is 11.5. The van der Waals surface area contributed by atoms with E-state index in [9.17, 15) is 4.79 Å². The van der Waals surface area contributed by atoms with E-state index in [1.54, 1.807) is 7.05 Å². The lowest BCUT2D eigenvalue weighted by atomic mass is 9.80. The summed E-state index contributed by atoms with van der Waals surface area (Å²) in [5, 5.41) is 6.73. The predicted molar refractivity (Wildman–Crippen MR) is 98.8 cm³/mol. The summed E-state index contributed by atoms with van der Waals surface area (Å²) in [6.07, 6.45) is 6.33. The number of morpholine rings is 1. The zero-order chi connectivity index (χ0) is 18.1. The van der Waals surface area contributed by atoms with Gasteiger partial charge in [-0.1, -0.05) is 26.2 Å². The molecule has 0 spiro atoms. The van der Waals surface area contributed by atoms with Crippen molar-refractivity contribution >= 4 is 11.9 Å². The standard InChI is InChI=1S/C18H34N4O3/c1-15(16(23)24-3)13-20-17(19-2)21-14-18(7-5-4-6-8-18)22-9-11-25-12-10-22/h15H,4-14H2,1-3H3,(H2,19,20,21). The van der Waals surface area contributed by atoms with E-state index in [4.69, 9.17) is 9.47 Å². The van der Waals surface area contributed by atoms with Gasteiger partial charge in [0.15, 0.2) is 5.96 Å². The van der Waals surface area contributed by atoms with Crippen LogP contribution in [0.3, 0.4) is 0 Å². The highest BCUT2D eigenvalue weighted by molar-refractivity contribution is 5.80. The zero-order valence-electron chi connectivity index (χ0n) is 16.0. The Morgan fingerprint density at radius 1 is 1.24 bits per heavy atom. The van der Waals surface area contributed by atoms with Gasteiger partial charge < -0.3 is 20.1 Å². The Morgan fingerprint density at radius 2 is 1.92 bits per heavy atom. The first kappa shape index (κ1) is 20.0. The summed E-state index contributed by atoms with van der Waals surface area (Å²) < 4.78 is 10.3. The summed E-state index contributed by atoms with van der Waals surface area (Å²) in [6, 6.07) is 0. The van der Waals surface area contributed by atoms with Gasteiger partial charge in [0, 0.05) is 38.8 Å². The minimum atomic E-state index is -0.208. The molecule has 1 saturated heterocycles. The van der Waals surface area contributed by atoms with Crippen molar-refractivity contribution in [3.05, 3.63) is 0 Å². The van der Waals surface area contributed by atoms with Crippen LogP contribution in [0.15, 0.2) is 4.99 Å². The van der Waals surface area contributed by atoms with Crippen molar-refractivity contribution in [1.82, 2.24) is 15.5 Å². The van der Waals surface area contributed by atoms with Gasteiger partial charge in [0.1, 0.15) is 0 Å². The molecule has 2 fully saturated rings. The van der Waals surface area contributed by atoms with Crippen LogP contribution in [0.1, 0.15) is 39.0 Å². The quantitative estimate of drug-likeness (QED) is 0.421. The Kier molecular flexibility index (Phi) is 7.96. The van der Waals surface area contributed by atoms with Crippen molar-refractivity contribution in [3.63, 3.8) is 0 Å². The molecule has 0 aromatic rings. The molecule has 0 aromatic heterocycles. The van der Waals surface area contributed by atoms with E-state index < -0.39 is 0 Å². The molecule has 7 heteroatoms. The number of carbonyl (C=O) groups is 1. The number of hydrogen-bond acceptors (Lipinski definition) is 5. The summed E-state index contributed by atoms with van der Waals surface area (Å²) in [5.41, 5.74) is 0.188. The summed E-state index contributed by atoms with van der Waals surface area (Å²) in [4.78, 5) is 18.4. The average molecular weight is 354 g/mol. The van der Waals surface area contributed by atoms with E-state index in [-0.39, 0.29) is 17.4 Å². The second-order valence-electron chi connectivity index (χ2n) is 7.12. The summed E-state index contributed by atoms with van der Waals surface area (Å²) in [7, 11) is 3.18. The number of guanidine groups is 1. The normalized spacial score (nSPS) is 22.9. The van der Waals surface area contributed by atoms with E-state index >= 15 is 0 Å². The fraction of sp³-hybridized carbons (Fsp3) is 0.889. The molecule has 0 bridgehead atoms. The lowest BCUT2D eigenvalue weighted by Gasteiger charge is -2.48. The minimum absolute atomic E-state index is 0.188. The Bertz CT molecular complexity index is 444. The first-order valence-corrected chi connectivity index (χ1v) is 9.46. The van der Waals surface area contributed by atoms with Crippen molar-refractivity contribution in [2.75, 3.05) is 53.6 Å². The molecule has 1 heterocycles. The van der Waals surface area contributed by atoms with Crippen LogP contribution in [-0.2, 0) is 14.3 Å². The number of nitrogens with one attached hydrogen (secondary N) is 2. The average Bonchev–Trinajstić information content (AvgIpc) is 2.68. The van der Waals surface area contributed by atoms with E-state index in [1.165, 1.54) is 39.2 Å². The van der Waals surface area contributed by atoms with Crippen molar-refractivity contribution in [2.45, 2.75) is 44.6 Å². The molecule has 1 aliphatic carbocycles. The highest BCUT2D eigenvalue weighted by atomic mass is 16.5. The van der Waals surface area contributed by atoms with Gasteiger partial charge in [-0.3, -0.25) is 14.7 Å². The molecule has 0 amide bonds. The van der Waals surface area contributed by atoms with Gasteiger partial charge in [-0.05, 0) is 12.8 Å². The molecular weight excluding hydrogens is 320 g/mol. The van der Waals surface area contributed by atoms with Crippen LogP contribution in [0.4, 0.5) is 0 Å². The fourth-order valence-corrected chi connectivity index (χ4v) is 3.86. The van der Waals surface area contributed by atoms with Crippen molar-refractivity contribution in [2.24, 2.45) is 10.9 Å². The van der Waals surface area contributed by atoms with Crippen molar-refractivity contribution in [3.8, 4) is 0 Å². The van der Waals surface area contributed by atoms with Gasteiger partial charge >= 0.3 is 5.97 Å². The molecular formula is C18H34N4O3.